The van der Waals surface area contributed by atoms with E-state index >= 15 is 0 Å². The number of hydrogen-bond acceptors (Lipinski definition) is 4. The maximum atomic E-state index is 11.3. The highest BCUT2D eigenvalue weighted by atomic mass is 16.7. The van der Waals surface area contributed by atoms with Crippen molar-refractivity contribution in [1.29, 1.82) is 0 Å². The van der Waals surface area contributed by atoms with E-state index in [-0.39, 0.29) is 12.0 Å². The van der Waals surface area contributed by atoms with Crippen molar-refractivity contribution in [2.45, 2.75) is 53.2 Å². The maximum absolute atomic E-state index is 11.3. The molecule has 0 aliphatic carbocycles. The van der Waals surface area contributed by atoms with Crippen molar-refractivity contribution in [1.82, 2.24) is 5.48 Å². The van der Waals surface area contributed by atoms with E-state index in [2.05, 4.69) is 5.48 Å². The molecular weight excluding hydrogens is 210 g/mol. The zero-order valence-electron chi connectivity index (χ0n) is 11.0. The van der Waals surface area contributed by atoms with Crippen LogP contribution in [-0.4, -0.2) is 29.5 Å². The van der Waals surface area contributed by atoms with Gasteiger partial charge in [0.25, 0.3) is 0 Å². The van der Waals surface area contributed by atoms with Crippen LogP contribution in [0, 0.1) is 5.41 Å². The summed E-state index contributed by atoms with van der Waals surface area (Å²) in [6.45, 7) is 10.8. The molecule has 2 N–H and O–H groups in total. The second kappa shape index (κ2) is 5.50. The van der Waals surface area contributed by atoms with E-state index in [1.165, 1.54) is 0 Å². The molecule has 0 aromatic heterocycles. The van der Waals surface area contributed by atoms with Gasteiger partial charge >= 0.3 is 6.09 Å². The third-order valence-electron chi connectivity index (χ3n) is 1.82. The molecule has 5 heteroatoms. The molecule has 0 aromatic carbocycles. The Bertz CT molecular complexity index is 227. The van der Waals surface area contributed by atoms with Crippen molar-refractivity contribution in [2.24, 2.45) is 5.41 Å². The van der Waals surface area contributed by atoms with Gasteiger partial charge in [0, 0.05) is 0 Å². The second-order valence-corrected chi connectivity index (χ2v) is 5.76. The number of hydroxylamine groups is 1. The first-order chi connectivity index (χ1) is 7.06. The molecule has 0 bridgehead atoms. The molecular formula is C11H23NO4. The van der Waals surface area contributed by atoms with Gasteiger partial charge in [-0.05, 0) is 26.2 Å². The zero-order valence-corrected chi connectivity index (χ0v) is 11.0. The van der Waals surface area contributed by atoms with Gasteiger partial charge in [-0.1, -0.05) is 20.8 Å². The van der Waals surface area contributed by atoms with Crippen LogP contribution in [0.3, 0.4) is 0 Å². The van der Waals surface area contributed by atoms with Gasteiger partial charge in [-0.3, -0.25) is 4.84 Å². The molecule has 1 unspecified atom stereocenters. The Morgan fingerprint density at radius 3 is 2.06 bits per heavy atom. The first kappa shape index (κ1) is 15.2. The summed E-state index contributed by atoms with van der Waals surface area (Å²) in [5, 5.41) is 9.09. The predicted octanol–water partition coefficient (Wildman–Crippen LogP) is 1.85. The molecule has 0 aliphatic rings. The highest BCUT2D eigenvalue weighted by Crippen LogP contribution is 2.21. The second-order valence-electron chi connectivity index (χ2n) is 5.76. The fourth-order valence-corrected chi connectivity index (χ4v) is 0.906. The normalized spacial score (nSPS) is 14.4. The summed E-state index contributed by atoms with van der Waals surface area (Å²) < 4.78 is 4.99. The number of carbonyl (C=O) groups is 1. The molecule has 0 heterocycles. The number of nitrogens with one attached hydrogen (secondary N) is 1. The van der Waals surface area contributed by atoms with Crippen molar-refractivity contribution in [3.63, 3.8) is 0 Å². The summed E-state index contributed by atoms with van der Waals surface area (Å²) >= 11 is 0. The molecule has 0 saturated carbocycles. The lowest BCUT2D eigenvalue weighted by Gasteiger charge is -2.28. The Balaban J connectivity index is 4.09. The monoisotopic (exact) mass is 233 g/mol. The molecule has 0 aromatic rings. The SMILES string of the molecule is CC(C)(C)OC(=O)NOC(CO)C(C)(C)C. The highest BCUT2D eigenvalue weighted by Gasteiger charge is 2.26. The lowest BCUT2D eigenvalue weighted by molar-refractivity contribution is -0.1000. The average Bonchev–Trinajstić information content (AvgIpc) is 1.98. The van der Waals surface area contributed by atoms with E-state index in [1.54, 1.807) is 20.8 Å². The molecule has 96 valence electrons. The Hall–Kier alpha value is -0.810. The van der Waals surface area contributed by atoms with Gasteiger partial charge < -0.3 is 9.84 Å². The number of aliphatic hydroxyl groups excluding tert-OH is 1. The van der Waals surface area contributed by atoms with Crippen LogP contribution >= 0.6 is 0 Å². The van der Waals surface area contributed by atoms with Crippen LogP contribution in [0.1, 0.15) is 41.5 Å². The summed E-state index contributed by atoms with van der Waals surface area (Å²) in [6.07, 6.45) is -1.13. The first-order valence-electron chi connectivity index (χ1n) is 5.32. The largest absolute Gasteiger partial charge is 0.442 e. The Morgan fingerprint density at radius 1 is 1.25 bits per heavy atom. The van der Waals surface area contributed by atoms with Crippen molar-refractivity contribution < 1.29 is 19.5 Å². The van der Waals surface area contributed by atoms with Crippen LogP contribution in [0.15, 0.2) is 0 Å². The summed E-state index contributed by atoms with van der Waals surface area (Å²) in [5.74, 6) is 0. The third-order valence-corrected chi connectivity index (χ3v) is 1.82. The fourth-order valence-electron chi connectivity index (χ4n) is 0.906. The molecule has 16 heavy (non-hydrogen) atoms. The van der Waals surface area contributed by atoms with Crippen LogP contribution in [0.2, 0.25) is 0 Å². The fraction of sp³-hybridized carbons (Fsp3) is 0.909. The van der Waals surface area contributed by atoms with Gasteiger partial charge in [-0.15, -0.1) is 0 Å². The molecule has 0 spiro atoms. The van der Waals surface area contributed by atoms with Crippen LogP contribution < -0.4 is 5.48 Å². The van der Waals surface area contributed by atoms with Crippen LogP contribution in [0.4, 0.5) is 4.79 Å². The van der Waals surface area contributed by atoms with Gasteiger partial charge in [0.05, 0.1) is 6.61 Å². The number of rotatable bonds is 3. The minimum atomic E-state index is -0.657. The summed E-state index contributed by atoms with van der Waals surface area (Å²) in [6, 6.07) is 0. The Kier molecular flexibility index (Phi) is 5.22. The molecule has 0 rings (SSSR count). The predicted molar refractivity (Wildman–Crippen MR) is 60.8 cm³/mol. The van der Waals surface area contributed by atoms with Gasteiger partial charge in [-0.2, -0.15) is 5.48 Å². The standard InChI is InChI=1S/C11H23NO4/c1-10(2,3)8(7-13)16-12-9(14)15-11(4,5)6/h8,13H,7H2,1-6H3,(H,12,14). The minimum Gasteiger partial charge on any atom is -0.442 e. The van der Waals surface area contributed by atoms with E-state index in [0.717, 1.165) is 0 Å². The van der Waals surface area contributed by atoms with Gasteiger partial charge in [0.1, 0.15) is 11.7 Å². The van der Waals surface area contributed by atoms with Gasteiger partial charge in [-0.25, -0.2) is 4.79 Å². The van der Waals surface area contributed by atoms with Crippen LogP contribution in [0.25, 0.3) is 0 Å². The zero-order chi connectivity index (χ0) is 13.0. The number of aliphatic hydroxyl groups is 1. The molecule has 0 radical (unpaired) electrons. The van der Waals surface area contributed by atoms with Gasteiger partial charge in [0.15, 0.2) is 0 Å². The van der Waals surface area contributed by atoms with Crippen molar-refractivity contribution >= 4 is 6.09 Å². The molecule has 5 nitrogen and oxygen atoms in total. The van der Waals surface area contributed by atoms with Crippen molar-refractivity contribution in [2.75, 3.05) is 6.61 Å². The number of ether oxygens (including phenoxy) is 1. The number of carbonyl (C=O) groups excluding carboxylic acids is 1. The molecule has 0 fully saturated rings. The third kappa shape index (κ3) is 6.63. The van der Waals surface area contributed by atoms with Crippen molar-refractivity contribution in [3.8, 4) is 0 Å². The number of hydrogen-bond donors (Lipinski definition) is 2. The average molecular weight is 233 g/mol. The first-order valence-corrected chi connectivity index (χ1v) is 5.32. The number of amides is 1. The highest BCUT2D eigenvalue weighted by molar-refractivity contribution is 5.66. The van der Waals surface area contributed by atoms with Crippen LogP contribution in [-0.2, 0) is 9.57 Å². The Labute approximate surface area is 97.1 Å². The van der Waals surface area contributed by atoms with E-state index in [4.69, 9.17) is 14.7 Å². The van der Waals surface area contributed by atoms with E-state index in [1.807, 2.05) is 20.8 Å². The Morgan fingerprint density at radius 2 is 1.75 bits per heavy atom. The summed E-state index contributed by atoms with van der Waals surface area (Å²) in [4.78, 5) is 16.4. The summed E-state index contributed by atoms with van der Waals surface area (Å²) in [5.41, 5.74) is 1.35. The lowest BCUT2D eigenvalue weighted by Crippen LogP contribution is -2.41. The minimum absolute atomic E-state index is 0.167. The van der Waals surface area contributed by atoms with E-state index < -0.39 is 17.8 Å². The molecule has 0 saturated heterocycles. The topological polar surface area (TPSA) is 67.8 Å². The molecule has 1 atom stereocenters. The smallest absolute Gasteiger partial charge is 0.431 e. The maximum Gasteiger partial charge on any atom is 0.431 e. The van der Waals surface area contributed by atoms with E-state index in [0.29, 0.717) is 0 Å². The van der Waals surface area contributed by atoms with Gasteiger partial charge in [0.2, 0.25) is 0 Å². The van der Waals surface area contributed by atoms with Crippen LogP contribution in [0.5, 0.6) is 0 Å². The lowest BCUT2D eigenvalue weighted by atomic mass is 9.90. The molecule has 1 amide bonds. The van der Waals surface area contributed by atoms with E-state index in [9.17, 15) is 4.79 Å². The summed E-state index contributed by atoms with van der Waals surface area (Å²) in [7, 11) is 0. The quantitative estimate of drug-likeness (QED) is 0.730. The molecule has 0 aliphatic heterocycles. The van der Waals surface area contributed by atoms with Crippen molar-refractivity contribution in [3.05, 3.63) is 0 Å².